The van der Waals surface area contributed by atoms with Gasteiger partial charge in [0, 0.05) is 17.3 Å². The summed E-state index contributed by atoms with van der Waals surface area (Å²) in [6.45, 7) is 0. The van der Waals surface area contributed by atoms with Crippen LogP contribution < -0.4 is 10.6 Å². The normalized spacial score (nSPS) is 18.9. The summed E-state index contributed by atoms with van der Waals surface area (Å²) in [5.74, 6) is 0.125. The maximum absolute atomic E-state index is 12.0. The molecule has 1 aromatic heterocycles. The van der Waals surface area contributed by atoms with Crippen LogP contribution in [0.4, 0.5) is 5.69 Å². The summed E-state index contributed by atoms with van der Waals surface area (Å²) in [6, 6.07) is 1.94. The van der Waals surface area contributed by atoms with E-state index in [1.165, 1.54) is 19.3 Å². The van der Waals surface area contributed by atoms with E-state index in [2.05, 4.69) is 10.6 Å². The van der Waals surface area contributed by atoms with Crippen LogP contribution >= 0.6 is 11.3 Å². The highest BCUT2D eigenvalue weighted by molar-refractivity contribution is 7.08. The van der Waals surface area contributed by atoms with Gasteiger partial charge < -0.3 is 10.6 Å². The van der Waals surface area contributed by atoms with Crippen molar-refractivity contribution in [2.24, 2.45) is 0 Å². The van der Waals surface area contributed by atoms with Crippen LogP contribution in [0, 0.1) is 0 Å². The van der Waals surface area contributed by atoms with E-state index >= 15 is 0 Å². The molecule has 1 amide bonds. The Morgan fingerprint density at radius 2 is 2.18 bits per heavy atom. The molecule has 1 fully saturated rings. The number of hydrogen-bond acceptors (Lipinski definition) is 3. The van der Waals surface area contributed by atoms with Crippen LogP contribution in [0.3, 0.4) is 0 Å². The van der Waals surface area contributed by atoms with Gasteiger partial charge in [-0.05, 0) is 31.3 Å². The summed E-state index contributed by atoms with van der Waals surface area (Å²) in [5.41, 5.74) is 0.945. The number of rotatable bonds is 4. The highest BCUT2D eigenvalue weighted by Gasteiger charge is 2.32. The molecule has 1 aliphatic rings. The van der Waals surface area contributed by atoms with E-state index in [0.29, 0.717) is 6.42 Å². The number of anilines is 1. The zero-order valence-electron chi connectivity index (χ0n) is 10.3. The van der Waals surface area contributed by atoms with Gasteiger partial charge in [-0.15, -0.1) is 0 Å². The van der Waals surface area contributed by atoms with Crippen molar-refractivity contribution in [2.45, 2.75) is 44.1 Å². The van der Waals surface area contributed by atoms with Gasteiger partial charge in [-0.1, -0.05) is 19.3 Å². The predicted molar refractivity (Wildman–Crippen MR) is 72.4 cm³/mol. The van der Waals surface area contributed by atoms with E-state index in [-0.39, 0.29) is 11.4 Å². The predicted octanol–water partition coefficient (Wildman–Crippen LogP) is 3.00. The molecular weight excluding hydrogens is 232 g/mol. The van der Waals surface area contributed by atoms with Crippen molar-refractivity contribution in [3.05, 3.63) is 16.8 Å². The number of amides is 1. The van der Waals surface area contributed by atoms with E-state index < -0.39 is 0 Å². The lowest BCUT2D eigenvalue weighted by atomic mass is 9.79. The Morgan fingerprint density at radius 1 is 1.41 bits per heavy atom. The van der Waals surface area contributed by atoms with Crippen LogP contribution in [0.2, 0.25) is 0 Å². The van der Waals surface area contributed by atoms with Gasteiger partial charge in [-0.25, -0.2) is 0 Å². The average molecular weight is 252 g/mol. The van der Waals surface area contributed by atoms with E-state index in [1.54, 1.807) is 11.3 Å². The molecule has 0 spiro atoms. The fourth-order valence-electron chi connectivity index (χ4n) is 2.59. The topological polar surface area (TPSA) is 41.1 Å². The number of carbonyl (C=O) groups is 1. The first kappa shape index (κ1) is 12.6. The molecule has 1 aromatic rings. The second-order valence-electron chi connectivity index (χ2n) is 4.83. The highest BCUT2D eigenvalue weighted by atomic mass is 32.1. The summed E-state index contributed by atoms with van der Waals surface area (Å²) >= 11 is 1.60. The minimum Gasteiger partial charge on any atom is -0.325 e. The van der Waals surface area contributed by atoms with Crippen molar-refractivity contribution in [3.8, 4) is 0 Å². The molecule has 0 radical (unpaired) electrons. The quantitative estimate of drug-likeness (QED) is 0.865. The summed E-state index contributed by atoms with van der Waals surface area (Å²) in [6.07, 6.45) is 6.56. The lowest BCUT2D eigenvalue weighted by Crippen LogP contribution is -2.47. The standard InChI is InChI=1S/C13H20N2OS/c1-14-13(6-3-2-4-7-13)9-12(16)15-11-5-8-17-10-11/h5,8,10,14H,2-4,6-7,9H2,1H3,(H,15,16). The fourth-order valence-corrected chi connectivity index (χ4v) is 3.18. The van der Waals surface area contributed by atoms with Gasteiger partial charge in [0.15, 0.2) is 0 Å². The lowest BCUT2D eigenvalue weighted by Gasteiger charge is -2.36. The zero-order chi connectivity index (χ0) is 12.1. The molecular formula is C13H20N2OS. The first-order chi connectivity index (χ1) is 8.24. The number of carbonyl (C=O) groups excluding carboxylic acids is 1. The minimum absolute atomic E-state index is 0.0261. The molecule has 3 nitrogen and oxygen atoms in total. The molecule has 0 saturated heterocycles. The summed E-state index contributed by atoms with van der Waals surface area (Å²) in [4.78, 5) is 12.0. The Balaban J connectivity index is 1.91. The Bertz CT molecular complexity index is 356. The SMILES string of the molecule is CNC1(CC(=O)Nc2ccsc2)CCCCC1. The summed E-state index contributed by atoms with van der Waals surface area (Å²) < 4.78 is 0. The molecule has 0 aromatic carbocycles. The van der Waals surface area contributed by atoms with Crippen molar-refractivity contribution >= 4 is 22.9 Å². The highest BCUT2D eigenvalue weighted by Crippen LogP contribution is 2.31. The van der Waals surface area contributed by atoms with Crippen LogP contribution in [0.15, 0.2) is 16.8 Å². The number of thiophene rings is 1. The van der Waals surface area contributed by atoms with Gasteiger partial charge >= 0.3 is 0 Å². The van der Waals surface area contributed by atoms with Gasteiger partial charge in [-0.3, -0.25) is 4.79 Å². The second kappa shape index (κ2) is 5.65. The lowest BCUT2D eigenvalue weighted by molar-refractivity contribution is -0.117. The number of hydrogen-bond donors (Lipinski definition) is 2. The molecule has 1 saturated carbocycles. The second-order valence-corrected chi connectivity index (χ2v) is 5.61. The van der Waals surface area contributed by atoms with Gasteiger partial charge in [0.2, 0.25) is 5.91 Å². The Hall–Kier alpha value is -0.870. The molecule has 1 heterocycles. The minimum atomic E-state index is 0.0261. The molecule has 1 aliphatic carbocycles. The third kappa shape index (κ3) is 3.30. The molecule has 2 rings (SSSR count). The monoisotopic (exact) mass is 252 g/mol. The van der Waals surface area contributed by atoms with E-state index in [9.17, 15) is 4.79 Å². The van der Waals surface area contributed by atoms with E-state index in [4.69, 9.17) is 0 Å². The summed E-state index contributed by atoms with van der Waals surface area (Å²) in [5, 5.41) is 10.3. The first-order valence-electron chi connectivity index (χ1n) is 6.25. The van der Waals surface area contributed by atoms with Crippen molar-refractivity contribution < 1.29 is 4.79 Å². The average Bonchev–Trinajstić information content (AvgIpc) is 2.83. The molecule has 0 atom stereocenters. The largest absolute Gasteiger partial charge is 0.325 e. The van der Waals surface area contributed by atoms with Crippen molar-refractivity contribution in [2.75, 3.05) is 12.4 Å². The van der Waals surface area contributed by atoms with Crippen molar-refractivity contribution in [1.82, 2.24) is 5.32 Å². The van der Waals surface area contributed by atoms with Gasteiger partial charge in [0.25, 0.3) is 0 Å². The molecule has 2 N–H and O–H groups in total. The van der Waals surface area contributed by atoms with Crippen molar-refractivity contribution in [3.63, 3.8) is 0 Å². The number of nitrogens with one attached hydrogen (secondary N) is 2. The fraction of sp³-hybridized carbons (Fsp3) is 0.615. The third-order valence-electron chi connectivity index (χ3n) is 3.64. The molecule has 94 valence electrons. The van der Waals surface area contributed by atoms with Gasteiger partial charge in [0.1, 0.15) is 0 Å². The molecule has 0 unspecified atom stereocenters. The van der Waals surface area contributed by atoms with E-state index in [0.717, 1.165) is 18.5 Å². The zero-order valence-corrected chi connectivity index (χ0v) is 11.1. The maximum Gasteiger partial charge on any atom is 0.226 e. The van der Waals surface area contributed by atoms with Crippen LogP contribution in [0.5, 0.6) is 0 Å². The molecule has 0 bridgehead atoms. The molecule has 4 heteroatoms. The van der Waals surface area contributed by atoms with Gasteiger partial charge in [-0.2, -0.15) is 11.3 Å². The van der Waals surface area contributed by atoms with Crippen LogP contribution in [0.25, 0.3) is 0 Å². The maximum atomic E-state index is 12.0. The third-order valence-corrected chi connectivity index (χ3v) is 4.33. The Kier molecular flexibility index (Phi) is 4.18. The Labute approximate surface area is 107 Å². The molecule has 0 aliphatic heterocycles. The van der Waals surface area contributed by atoms with Crippen LogP contribution in [0.1, 0.15) is 38.5 Å². The van der Waals surface area contributed by atoms with Gasteiger partial charge in [0.05, 0.1) is 5.69 Å². The van der Waals surface area contributed by atoms with Crippen molar-refractivity contribution in [1.29, 1.82) is 0 Å². The first-order valence-corrected chi connectivity index (χ1v) is 7.19. The molecule has 17 heavy (non-hydrogen) atoms. The van der Waals surface area contributed by atoms with E-state index in [1.807, 2.05) is 23.9 Å². The smallest absolute Gasteiger partial charge is 0.226 e. The Morgan fingerprint density at radius 3 is 2.76 bits per heavy atom. The van der Waals surface area contributed by atoms with Crippen LogP contribution in [-0.4, -0.2) is 18.5 Å². The van der Waals surface area contributed by atoms with Crippen LogP contribution in [-0.2, 0) is 4.79 Å². The summed E-state index contributed by atoms with van der Waals surface area (Å²) in [7, 11) is 1.98.